The van der Waals surface area contributed by atoms with Gasteiger partial charge in [0.25, 0.3) is 0 Å². The number of aliphatic imine (C=N–C) groups is 1. The number of fused-ring (bicyclic) bond motifs is 1. The van der Waals surface area contributed by atoms with Gasteiger partial charge < -0.3 is 0 Å². The molecule has 0 N–H and O–H groups in total. The molecule has 0 spiro atoms. The second-order valence-electron chi connectivity index (χ2n) is 4.62. The smallest absolute Gasteiger partial charge is 0.0702 e. The second kappa shape index (κ2) is 6.28. The molecule has 0 fully saturated rings. The molecular formula is C17H20N2. The number of nitrogens with zero attached hydrogens (tertiary/aromatic N) is 2. The van der Waals surface area contributed by atoms with E-state index in [0.717, 1.165) is 35.0 Å². The third kappa shape index (κ3) is 3.08. The maximum absolute atomic E-state index is 4.60. The van der Waals surface area contributed by atoms with Crippen molar-refractivity contribution in [3.05, 3.63) is 47.7 Å². The Bertz CT molecular complexity index is 624. The molecule has 0 saturated carbocycles. The predicted molar refractivity (Wildman–Crippen MR) is 83.4 cm³/mol. The van der Waals surface area contributed by atoms with E-state index < -0.39 is 0 Å². The molecule has 0 aliphatic rings. The van der Waals surface area contributed by atoms with E-state index in [1.807, 2.05) is 30.6 Å². The van der Waals surface area contributed by atoms with Gasteiger partial charge in [-0.05, 0) is 37.5 Å². The van der Waals surface area contributed by atoms with Gasteiger partial charge >= 0.3 is 0 Å². The molecule has 1 heterocycles. The summed E-state index contributed by atoms with van der Waals surface area (Å²) >= 11 is 0. The van der Waals surface area contributed by atoms with Crippen molar-refractivity contribution in [3.8, 4) is 0 Å². The number of pyridine rings is 1. The first-order chi connectivity index (χ1) is 9.26. The highest BCUT2D eigenvalue weighted by molar-refractivity contribution is 5.84. The summed E-state index contributed by atoms with van der Waals surface area (Å²) in [7, 11) is 0. The standard InChI is InChI=1S/C17H20N2/c1-4-10-18-17(13(3)5-2)15-11-14-8-6-7-9-16(14)19-12-15/h6-12H,4-5H2,1-3H3. The van der Waals surface area contributed by atoms with Crippen molar-refractivity contribution < 1.29 is 0 Å². The van der Waals surface area contributed by atoms with Gasteiger partial charge in [-0.15, -0.1) is 0 Å². The fraction of sp³-hybridized carbons (Fsp3) is 0.294. The van der Waals surface area contributed by atoms with Gasteiger partial charge in [-0.2, -0.15) is 0 Å². The first-order valence-electron chi connectivity index (χ1n) is 6.83. The van der Waals surface area contributed by atoms with Crippen LogP contribution in [0.25, 0.3) is 16.6 Å². The van der Waals surface area contributed by atoms with E-state index in [1.165, 1.54) is 5.57 Å². The molecule has 2 nitrogen and oxygen atoms in total. The molecule has 1 aromatic carbocycles. The molecule has 0 amide bonds. The Balaban J connectivity index is 2.53. The van der Waals surface area contributed by atoms with Gasteiger partial charge in [0.15, 0.2) is 0 Å². The quantitative estimate of drug-likeness (QED) is 0.713. The van der Waals surface area contributed by atoms with Gasteiger partial charge in [0.2, 0.25) is 0 Å². The number of para-hydroxylation sites is 1. The number of aromatic nitrogens is 1. The Morgan fingerprint density at radius 3 is 2.79 bits per heavy atom. The van der Waals surface area contributed by atoms with Crippen LogP contribution in [0.15, 0.2) is 47.1 Å². The van der Waals surface area contributed by atoms with Crippen molar-refractivity contribution in [2.75, 3.05) is 0 Å². The molecule has 0 aliphatic carbocycles. The molecule has 2 rings (SSSR count). The number of hydrogen-bond donors (Lipinski definition) is 0. The predicted octanol–water partition coefficient (Wildman–Crippen LogP) is 4.86. The first-order valence-corrected chi connectivity index (χ1v) is 6.83. The minimum absolute atomic E-state index is 0.946. The molecule has 0 saturated heterocycles. The van der Waals surface area contributed by atoms with Crippen molar-refractivity contribution in [3.63, 3.8) is 0 Å². The molecule has 2 heteroatoms. The molecular weight excluding hydrogens is 232 g/mol. The van der Waals surface area contributed by atoms with Crippen LogP contribution in [0.5, 0.6) is 0 Å². The maximum atomic E-state index is 4.60. The summed E-state index contributed by atoms with van der Waals surface area (Å²) in [5.41, 5.74) is 4.48. The van der Waals surface area contributed by atoms with E-state index in [1.54, 1.807) is 0 Å². The van der Waals surface area contributed by atoms with Gasteiger partial charge in [-0.3, -0.25) is 9.98 Å². The summed E-state index contributed by atoms with van der Waals surface area (Å²) in [5, 5.41) is 1.16. The summed E-state index contributed by atoms with van der Waals surface area (Å²) in [5.74, 6) is 0. The fourth-order valence-corrected chi connectivity index (χ4v) is 1.98. The van der Waals surface area contributed by atoms with Gasteiger partial charge in [0, 0.05) is 23.4 Å². The number of rotatable bonds is 4. The van der Waals surface area contributed by atoms with Crippen LogP contribution in [0.4, 0.5) is 0 Å². The summed E-state index contributed by atoms with van der Waals surface area (Å²) in [6, 6.07) is 10.3. The zero-order valence-corrected chi connectivity index (χ0v) is 11.9. The van der Waals surface area contributed by atoms with Crippen LogP contribution in [0.3, 0.4) is 0 Å². The minimum atomic E-state index is 0.946. The second-order valence-corrected chi connectivity index (χ2v) is 4.62. The van der Waals surface area contributed by atoms with Gasteiger partial charge in [0.05, 0.1) is 11.2 Å². The van der Waals surface area contributed by atoms with E-state index in [-0.39, 0.29) is 0 Å². The normalized spacial score (nSPS) is 13.0. The van der Waals surface area contributed by atoms with Crippen LogP contribution >= 0.6 is 0 Å². The van der Waals surface area contributed by atoms with Crippen molar-refractivity contribution in [2.24, 2.45) is 4.99 Å². The Kier molecular flexibility index (Phi) is 4.45. The summed E-state index contributed by atoms with van der Waals surface area (Å²) < 4.78 is 0. The lowest BCUT2D eigenvalue weighted by molar-refractivity contribution is 1.09. The number of benzene rings is 1. The minimum Gasteiger partial charge on any atom is -0.261 e. The molecule has 98 valence electrons. The number of allylic oxidation sites excluding steroid dienone is 1. The van der Waals surface area contributed by atoms with Crippen LogP contribution in [0.1, 0.15) is 39.2 Å². The van der Waals surface area contributed by atoms with E-state index in [2.05, 4.69) is 42.9 Å². The highest BCUT2D eigenvalue weighted by Gasteiger charge is 2.05. The van der Waals surface area contributed by atoms with Crippen LogP contribution < -0.4 is 0 Å². The van der Waals surface area contributed by atoms with Crippen LogP contribution in [-0.2, 0) is 0 Å². The molecule has 2 aromatic rings. The molecule has 0 bridgehead atoms. The van der Waals surface area contributed by atoms with E-state index in [9.17, 15) is 0 Å². The molecule has 0 radical (unpaired) electrons. The van der Waals surface area contributed by atoms with E-state index >= 15 is 0 Å². The van der Waals surface area contributed by atoms with Crippen LogP contribution in [0.2, 0.25) is 0 Å². The fourth-order valence-electron chi connectivity index (χ4n) is 1.98. The molecule has 0 unspecified atom stereocenters. The molecule has 0 atom stereocenters. The zero-order valence-electron chi connectivity index (χ0n) is 11.9. The van der Waals surface area contributed by atoms with E-state index in [0.29, 0.717) is 0 Å². The highest BCUT2D eigenvalue weighted by atomic mass is 14.8. The van der Waals surface area contributed by atoms with Crippen molar-refractivity contribution >= 4 is 22.8 Å². The van der Waals surface area contributed by atoms with Crippen LogP contribution in [0, 0.1) is 0 Å². The monoisotopic (exact) mass is 252 g/mol. The summed E-state index contributed by atoms with van der Waals surface area (Å²) in [6.45, 7) is 6.39. The van der Waals surface area contributed by atoms with Crippen molar-refractivity contribution in [1.29, 1.82) is 0 Å². The molecule has 1 aromatic heterocycles. The third-order valence-corrected chi connectivity index (χ3v) is 3.20. The maximum Gasteiger partial charge on any atom is 0.0702 e. The lowest BCUT2D eigenvalue weighted by atomic mass is 10.1. The Morgan fingerprint density at radius 1 is 1.26 bits per heavy atom. The summed E-state index contributed by atoms with van der Waals surface area (Å²) in [4.78, 5) is 9.12. The third-order valence-electron chi connectivity index (χ3n) is 3.20. The van der Waals surface area contributed by atoms with Crippen molar-refractivity contribution in [2.45, 2.75) is 33.6 Å². The Morgan fingerprint density at radius 2 is 2.05 bits per heavy atom. The van der Waals surface area contributed by atoms with Gasteiger partial charge in [-0.25, -0.2) is 0 Å². The molecule has 19 heavy (non-hydrogen) atoms. The summed E-state index contributed by atoms with van der Waals surface area (Å²) in [6.07, 6.45) is 5.83. The topological polar surface area (TPSA) is 25.2 Å². The average Bonchev–Trinajstić information content (AvgIpc) is 2.47. The highest BCUT2D eigenvalue weighted by Crippen LogP contribution is 2.24. The first kappa shape index (κ1) is 13.5. The van der Waals surface area contributed by atoms with E-state index in [4.69, 9.17) is 0 Å². The zero-order chi connectivity index (χ0) is 13.7. The van der Waals surface area contributed by atoms with Gasteiger partial charge in [-0.1, -0.05) is 32.0 Å². The SMILES string of the molecule is CCC=NC(=C(C)CC)c1cnc2ccccc2c1. The van der Waals surface area contributed by atoms with Gasteiger partial charge in [0.1, 0.15) is 0 Å². The van der Waals surface area contributed by atoms with Crippen LogP contribution in [-0.4, -0.2) is 11.2 Å². The lowest BCUT2D eigenvalue weighted by Crippen LogP contribution is -1.90. The average molecular weight is 252 g/mol. The largest absolute Gasteiger partial charge is 0.261 e. The van der Waals surface area contributed by atoms with Crippen molar-refractivity contribution in [1.82, 2.24) is 4.98 Å². The Labute approximate surface area is 114 Å². The number of hydrogen-bond acceptors (Lipinski definition) is 2. The lowest BCUT2D eigenvalue weighted by Gasteiger charge is -2.07. The molecule has 0 aliphatic heterocycles. The Hall–Kier alpha value is -1.96.